The fourth-order valence-electron chi connectivity index (χ4n) is 10.2. The summed E-state index contributed by atoms with van der Waals surface area (Å²) < 4.78 is 5.20. The molecule has 9 aromatic carbocycles. The number of thiophene rings is 2. The third kappa shape index (κ3) is 4.68. The smallest absolute Gasteiger partial charge is 0.0736 e. The van der Waals surface area contributed by atoms with Gasteiger partial charge in [-0.2, -0.15) is 0 Å². The van der Waals surface area contributed by atoms with Crippen molar-refractivity contribution in [3.8, 4) is 22.3 Å². The van der Waals surface area contributed by atoms with Crippen LogP contribution in [-0.2, 0) is 5.41 Å². The maximum Gasteiger partial charge on any atom is 0.0736 e. The molecule has 1 nitrogen and oxygen atoms in total. The van der Waals surface area contributed by atoms with E-state index in [1.54, 1.807) is 0 Å². The maximum absolute atomic E-state index is 2.58. The SMILES string of the molecule is c1ccc(-c2cccc3sc4ccc(N(c5cccc6c5Sc5ccccc5C65c6ccccc6-c6ccccc65)c5cccc6c5sc5ccccc56)cc4c23)cc1. The maximum atomic E-state index is 2.58. The number of rotatable bonds is 4. The molecular formula is C55H33NS3. The molecule has 59 heavy (non-hydrogen) atoms. The quantitative estimate of drug-likeness (QED) is 0.174. The Bertz CT molecular complexity index is 3460. The first kappa shape index (κ1) is 33.5. The Kier molecular flexibility index (Phi) is 7.27. The van der Waals surface area contributed by atoms with E-state index in [2.05, 4.69) is 205 Å². The number of fused-ring (bicyclic) bond motifs is 15. The van der Waals surface area contributed by atoms with E-state index in [0.29, 0.717) is 0 Å². The third-order valence-electron chi connectivity index (χ3n) is 12.5. The lowest BCUT2D eigenvalue weighted by Gasteiger charge is -2.41. The van der Waals surface area contributed by atoms with Crippen LogP contribution in [-0.4, -0.2) is 0 Å². The minimum atomic E-state index is -0.465. The van der Waals surface area contributed by atoms with Gasteiger partial charge >= 0.3 is 0 Å². The molecule has 0 bridgehead atoms. The monoisotopic (exact) mass is 803 g/mol. The molecule has 0 atom stereocenters. The Hall–Kier alpha value is -6.43. The highest BCUT2D eigenvalue weighted by atomic mass is 32.2. The summed E-state index contributed by atoms with van der Waals surface area (Å²) in [6.45, 7) is 0. The zero-order valence-corrected chi connectivity index (χ0v) is 34.2. The van der Waals surface area contributed by atoms with Gasteiger partial charge in [0.05, 0.1) is 21.5 Å². The van der Waals surface area contributed by atoms with Crippen LogP contribution in [0.4, 0.5) is 17.1 Å². The van der Waals surface area contributed by atoms with Gasteiger partial charge in [-0.15, -0.1) is 22.7 Å². The van der Waals surface area contributed by atoms with Crippen molar-refractivity contribution in [1.82, 2.24) is 0 Å². The Balaban J connectivity index is 1.13. The summed E-state index contributed by atoms with van der Waals surface area (Å²) in [4.78, 5) is 5.16. The second-order valence-electron chi connectivity index (χ2n) is 15.5. The standard InChI is InChI=1S/C55H33NS3/c1-2-15-34(16-3-1)36-20-13-30-51-52(36)41-33-35(31-32-49(41)57-51)56(46-26-12-21-40-39-19-6-10-28-48(39)58-53(40)46)47-27-14-25-45-54(47)59-50-29-11-9-24-44(50)55(45)42-22-7-4-17-37(42)38-18-5-8-23-43(38)55/h1-33H. The third-order valence-corrected chi connectivity index (χ3v) is 16.1. The fourth-order valence-corrected chi connectivity index (χ4v) is 13.8. The van der Waals surface area contributed by atoms with Gasteiger partial charge < -0.3 is 4.90 Å². The highest BCUT2D eigenvalue weighted by molar-refractivity contribution is 7.99. The molecule has 1 spiro atoms. The summed E-state index contributed by atoms with van der Waals surface area (Å²) in [5, 5.41) is 5.20. The van der Waals surface area contributed by atoms with E-state index in [1.165, 1.54) is 106 Å². The van der Waals surface area contributed by atoms with Gasteiger partial charge in [-0.3, -0.25) is 0 Å². The lowest BCUT2D eigenvalue weighted by Crippen LogP contribution is -2.32. The summed E-state index contributed by atoms with van der Waals surface area (Å²) in [5.74, 6) is 0. The Morgan fingerprint density at radius 1 is 0.390 bits per heavy atom. The van der Waals surface area contributed by atoms with Crippen LogP contribution in [0.5, 0.6) is 0 Å². The topological polar surface area (TPSA) is 3.24 Å². The van der Waals surface area contributed by atoms with Gasteiger partial charge in [0.15, 0.2) is 0 Å². The van der Waals surface area contributed by atoms with Crippen LogP contribution in [0.1, 0.15) is 22.3 Å². The van der Waals surface area contributed by atoms with Crippen LogP contribution in [0.25, 0.3) is 62.6 Å². The Morgan fingerprint density at radius 2 is 1.00 bits per heavy atom. The first-order chi connectivity index (χ1) is 29.3. The van der Waals surface area contributed by atoms with E-state index >= 15 is 0 Å². The molecular weight excluding hydrogens is 771 g/mol. The summed E-state index contributed by atoms with van der Waals surface area (Å²) >= 11 is 5.69. The van der Waals surface area contributed by atoms with Crippen LogP contribution >= 0.6 is 34.4 Å². The van der Waals surface area contributed by atoms with Gasteiger partial charge in [-0.1, -0.05) is 163 Å². The second kappa shape index (κ2) is 12.8. The average molecular weight is 804 g/mol. The van der Waals surface area contributed by atoms with Crippen molar-refractivity contribution >= 4 is 91.8 Å². The second-order valence-corrected chi connectivity index (χ2v) is 18.7. The average Bonchev–Trinajstić information content (AvgIpc) is 3.96. The molecule has 0 amide bonds. The molecule has 1 aliphatic carbocycles. The van der Waals surface area contributed by atoms with Gasteiger partial charge in [0.1, 0.15) is 0 Å². The van der Waals surface area contributed by atoms with Gasteiger partial charge in [-0.05, 0) is 93.0 Å². The number of hydrogen-bond acceptors (Lipinski definition) is 4. The number of hydrogen-bond donors (Lipinski definition) is 0. The predicted molar refractivity (Wildman–Crippen MR) is 254 cm³/mol. The van der Waals surface area contributed by atoms with Crippen LogP contribution in [0.2, 0.25) is 0 Å². The molecule has 0 fully saturated rings. The van der Waals surface area contributed by atoms with Gasteiger partial charge in [-0.25, -0.2) is 0 Å². The van der Waals surface area contributed by atoms with Crippen molar-refractivity contribution in [2.45, 2.75) is 15.2 Å². The molecule has 0 saturated heterocycles. The summed E-state index contributed by atoms with van der Waals surface area (Å²) in [7, 11) is 0. The summed E-state index contributed by atoms with van der Waals surface area (Å²) in [5.41, 5.74) is 13.6. The van der Waals surface area contributed by atoms with Gasteiger partial charge in [0.2, 0.25) is 0 Å². The molecule has 3 heterocycles. The van der Waals surface area contributed by atoms with Crippen molar-refractivity contribution in [1.29, 1.82) is 0 Å². The molecule has 2 aliphatic rings. The molecule has 1 aliphatic heterocycles. The van der Waals surface area contributed by atoms with Crippen molar-refractivity contribution in [3.05, 3.63) is 222 Å². The van der Waals surface area contributed by atoms with Crippen LogP contribution < -0.4 is 4.90 Å². The Morgan fingerprint density at radius 3 is 1.85 bits per heavy atom. The fraction of sp³-hybridized carbons (Fsp3) is 0.0182. The molecule has 0 saturated carbocycles. The largest absolute Gasteiger partial charge is 0.308 e. The van der Waals surface area contributed by atoms with E-state index in [0.717, 1.165) is 5.69 Å². The van der Waals surface area contributed by atoms with E-state index in [4.69, 9.17) is 0 Å². The van der Waals surface area contributed by atoms with Gasteiger partial charge in [0.25, 0.3) is 0 Å². The van der Waals surface area contributed by atoms with Gasteiger partial charge in [0, 0.05) is 51.1 Å². The molecule has 13 rings (SSSR count). The van der Waals surface area contributed by atoms with E-state index < -0.39 is 5.41 Å². The lowest BCUT2D eigenvalue weighted by atomic mass is 9.67. The van der Waals surface area contributed by atoms with E-state index in [9.17, 15) is 0 Å². The highest BCUT2D eigenvalue weighted by Gasteiger charge is 2.50. The molecule has 0 N–H and O–H groups in total. The first-order valence-corrected chi connectivity index (χ1v) is 22.5. The van der Waals surface area contributed by atoms with E-state index in [1.807, 2.05) is 34.4 Å². The number of nitrogens with zero attached hydrogens (tertiary/aromatic N) is 1. The van der Waals surface area contributed by atoms with Crippen LogP contribution in [0.15, 0.2) is 210 Å². The number of anilines is 3. The normalized spacial score (nSPS) is 13.5. The van der Waals surface area contributed by atoms with Crippen molar-refractivity contribution in [2.24, 2.45) is 0 Å². The summed E-state index contributed by atoms with van der Waals surface area (Å²) in [6, 6.07) is 74.9. The molecule has 0 radical (unpaired) electrons. The molecule has 276 valence electrons. The number of benzene rings is 9. The molecule has 11 aromatic rings. The van der Waals surface area contributed by atoms with Crippen molar-refractivity contribution in [2.75, 3.05) is 4.90 Å². The van der Waals surface area contributed by atoms with Crippen LogP contribution in [0.3, 0.4) is 0 Å². The molecule has 4 heteroatoms. The molecule has 0 unspecified atom stereocenters. The van der Waals surface area contributed by atoms with E-state index in [-0.39, 0.29) is 0 Å². The van der Waals surface area contributed by atoms with Crippen molar-refractivity contribution in [3.63, 3.8) is 0 Å². The first-order valence-electron chi connectivity index (χ1n) is 20.1. The lowest BCUT2D eigenvalue weighted by molar-refractivity contribution is 0.722. The zero-order valence-electron chi connectivity index (χ0n) is 31.7. The van der Waals surface area contributed by atoms with Crippen LogP contribution in [0, 0.1) is 0 Å². The Labute approximate surface area is 354 Å². The summed E-state index contributed by atoms with van der Waals surface area (Å²) in [6.07, 6.45) is 0. The van der Waals surface area contributed by atoms with Crippen molar-refractivity contribution < 1.29 is 0 Å². The molecule has 2 aromatic heterocycles. The predicted octanol–water partition coefficient (Wildman–Crippen LogP) is 16.4. The minimum Gasteiger partial charge on any atom is -0.308 e. The highest BCUT2D eigenvalue weighted by Crippen LogP contribution is 2.64. The minimum absolute atomic E-state index is 0.465. The zero-order chi connectivity index (χ0) is 38.7.